The van der Waals surface area contributed by atoms with Crippen LogP contribution in [0.5, 0.6) is 0 Å². The van der Waals surface area contributed by atoms with Crippen molar-refractivity contribution in [2.45, 2.75) is 32.2 Å². The van der Waals surface area contributed by atoms with Crippen molar-refractivity contribution in [3.63, 3.8) is 0 Å². The van der Waals surface area contributed by atoms with Gasteiger partial charge in [0.25, 0.3) is 0 Å². The molecule has 0 saturated heterocycles. The molecule has 2 aliphatic heterocycles. The van der Waals surface area contributed by atoms with Crippen LogP contribution in [0.15, 0.2) is 29.9 Å². The van der Waals surface area contributed by atoms with E-state index in [0.29, 0.717) is 0 Å². The Balaban J connectivity index is 1.77. The lowest BCUT2D eigenvalue weighted by atomic mass is 9.92. The van der Waals surface area contributed by atoms with Crippen LogP contribution in [0, 0.1) is 0 Å². The molecule has 4 heteroatoms. The quantitative estimate of drug-likeness (QED) is 0.844. The standard InChI is InChI=1S/C21H28N4/c1-15-4-3-9-25(14-15)21-19-6-5-18(22)12-17(19)13-20(23-21)16-7-10-24(2)11-8-16/h4-7,13,18H,3,8-12,14,22H2,1-2H3. The first-order chi connectivity index (χ1) is 12.1. The number of anilines is 1. The molecule has 1 aromatic heterocycles. The van der Waals surface area contributed by atoms with Gasteiger partial charge in [-0.2, -0.15) is 0 Å². The highest BCUT2D eigenvalue weighted by atomic mass is 15.2. The highest BCUT2D eigenvalue weighted by molar-refractivity contribution is 5.75. The van der Waals surface area contributed by atoms with Gasteiger partial charge in [0.15, 0.2) is 0 Å². The van der Waals surface area contributed by atoms with Gasteiger partial charge in [0.2, 0.25) is 0 Å². The van der Waals surface area contributed by atoms with Gasteiger partial charge < -0.3 is 15.5 Å². The monoisotopic (exact) mass is 336 g/mol. The fraction of sp³-hybridized carbons (Fsp3) is 0.476. The number of pyridine rings is 1. The van der Waals surface area contributed by atoms with Crippen molar-refractivity contribution < 1.29 is 0 Å². The Bertz CT molecular complexity index is 759. The second kappa shape index (κ2) is 6.77. The van der Waals surface area contributed by atoms with Crippen LogP contribution in [0.4, 0.5) is 5.82 Å². The Kier molecular flexibility index (Phi) is 4.48. The number of hydrogen-bond donors (Lipinski definition) is 1. The predicted octanol–water partition coefficient (Wildman–Crippen LogP) is 2.85. The molecule has 1 unspecified atom stereocenters. The van der Waals surface area contributed by atoms with E-state index in [1.165, 1.54) is 22.3 Å². The largest absolute Gasteiger partial charge is 0.352 e. The number of likely N-dealkylation sites (N-methyl/N-ethyl adjacent to an activating group) is 1. The smallest absolute Gasteiger partial charge is 0.137 e. The third-order valence-electron chi connectivity index (χ3n) is 5.46. The number of rotatable bonds is 2. The molecule has 4 rings (SSSR count). The summed E-state index contributed by atoms with van der Waals surface area (Å²) < 4.78 is 0. The zero-order chi connectivity index (χ0) is 17.4. The van der Waals surface area contributed by atoms with E-state index in [0.717, 1.165) is 57.0 Å². The third kappa shape index (κ3) is 3.42. The zero-order valence-corrected chi connectivity index (χ0v) is 15.3. The van der Waals surface area contributed by atoms with E-state index in [9.17, 15) is 0 Å². The van der Waals surface area contributed by atoms with Crippen LogP contribution in [-0.2, 0) is 6.42 Å². The third-order valence-corrected chi connectivity index (χ3v) is 5.46. The number of hydrogen-bond acceptors (Lipinski definition) is 4. The summed E-state index contributed by atoms with van der Waals surface area (Å²) in [6.45, 7) is 6.35. The normalized spacial score (nSPS) is 24.0. The van der Waals surface area contributed by atoms with Crippen molar-refractivity contribution >= 4 is 17.5 Å². The Morgan fingerprint density at radius 1 is 1.24 bits per heavy atom. The number of aromatic nitrogens is 1. The molecular weight excluding hydrogens is 308 g/mol. The van der Waals surface area contributed by atoms with E-state index in [-0.39, 0.29) is 6.04 Å². The molecule has 1 atom stereocenters. The first-order valence-electron chi connectivity index (χ1n) is 9.36. The number of fused-ring (bicyclic) bond motifs is 1. The topological polar surface area (TPSA) is 45.4 Å². The van der Waals surface area contributed by atoms with Crippen molar-refractivity contribution in [3.05, 3.63) is 46.7 Å². The Labute approximate surface area is 150 Å². The molecule has 4 nitrogen and oxygen atoms in total. The maximum absolute atomic E-state index is 6.20. The highest BCUT2D eigenvalue weighted by Gasteiger charge is 2.23. The summed E-state index contributed by atoms with van der Waals surface area (Å²) in [5, 5.41) is 0. The lowest BCUT2D eigenvalue weighted by Gasteiger charge is -2.31. The number of nitrogens with two attached hydrogens (primary N) is 1. The average molecular weight is 336 g/mol. The molecule has 0 radical (unpaired) electrons. The summed E-state index contributed by atoms with van der Waals surface area (Å²) in [6.07, 6.45) is 12.1. The van der Waals surface area contributed by atoms with Crippen molar-refractivity contribution in [1.29, 1.82) is 0 Å². The van der Waals surface area contributed by atoms with E-state index in [4.69, 9.17) is 10.7 Å². The minimum atomic E-state index is 0.116. The first kappa shape index (κ1) is 16.6. The number of nitrogens with zero attached hydrogens (tertiary/aromatic N) is 3. The van der Waals surface area contributed by atoms with Crippen LogP contribution in [-0.4, -0.2) is 49.2 Å². The average Bonchev–Trinajstić information content (AvgIpc) is 2.61. The SMILES string of the molecule is CC1=CCCN(c2nc(C3=CCN(C)CC3)cc3c2C=CC(N)C3)C1. The summed E-state index contributed by atoms with van der Waals surface area (Å²) in [4.78, 5) is 9.92. The van der Waals surface area contributed by atoms with E-state index >= 15 is 0 Å². The zero-order valence-electron chi connectivity index (χ0n) is 15.3. The fourth-order valence-corrected chi connectivity index (χ4v) is 3.99. The van der Waals surface area contributed by atoms with Gasteiger partial charge in [0, 0.05) is 37.8 Å². The van der Waals surface area contributed by atoms with Crippen LogP contribution in [0.25, 0.3) is 11.6 Å². The van der Waals surface area contributed by atoms with Gasteiger partial charge in [0.1, 0.15) is 5.82 Å². The van der Waals surface area contributed by atoms with Crippen LogP contribution in [0.2, 0.25) is 0 Å². The van der Waals surface area contributed by atoms with Gasteiger partial charge in [-0.25, -0.2) is 4.98 Å². The molecule has 0 amide bonds. The van der Waals surface area contributed by atoms with Crippen molar-refractivity contribution in [3.8, 4) is 0 Å². The second-order valence-electron chi connectivity index (χ2n) is 7.63. The lowest BCUT2D eigenvalue weighted by Crippen LogP contribution is -2.32. The molecule has 1 aromatic rings. The van der Waals surface area contributed by atoms with E-state index in [1.807, 2.05) is 0 Å². The highest BCUT2D eigenvalue weighted by Crippen LogP contribution is 2.33. The molecule has 0 saturated carbocycles. The molecule has 0 spiro atoms. The molecule has 0 fully saturated rings. The lowest BCUT2D eigenvalue weighted by molar-refractivity contribution is 0.369. The summed E-state index contributed by atoms with van der Waals surface area (Å²) in [5.74, 6) is 1.14. The summed E-state index contributed by atoms with van der Waals surface area (Å²) in [7, 11) is 2.17. The van der Waals surface area contributed by atoms with Gasteiger partial charge in [-0.1, -0.05) is 29.9 Å². The molecule has 3 heterocycles. The van der Waals surface area contributed by atoms with Crippen LogP contribution in [0.3, 0.4) is 0 Å². The van der Waals surface area contributed by atoms with Crippen LogP contribution < -0.4 is 10.6 Å². The first-order valence-corrected chi connectivity index (χ1v) is 9.36. The molecule has 2 N–H and O–H groups in total. The maximum Gasteiger partial charge on any atom is 0.137 e. The molecule has 3 aliphatic rings. The maximum atomic E-state index is 6.20. The van der Waals surface area contributed by atoms with Gasteiger partial charge in [-0.15, -0.1) is 0 Å². The Hall–Kier alpha value is -1.91. The predicted molar refractivity (Wildman–Crippen MR) is 106 cm³/mol. The molecule has 1 aliphatic carbocycles. The van der Waals surface area contributed by atoms with E-state index < -0.39 is 0 Å². The Morgan fingerprint density at radius 3 is 2.88 bits per heavy atom. The van der Waals surface area contributed by atoms with E-state index in [2.05, 4.69) is 54.1 Å². The molecule has 0 bridgehead atoms. The summed E-state index contributed by atoms with van der Waals surface area (Å²) in [5.41, 5.74) is 12.8. The molecular formula is C21H28N4. The minimum absolute atomic E-state index is 0.116. The summed E-state index contributed by atoms with van der Waals surface area (Å²) >= 11 is 0. The van der Waals surface area contributed by atoms with Crippen molar-refractivity contribution in [1.82, 2.24) is 9.88 Å². The van der Waals surface area contributed by atoms with Crippen molar-refractivity contribution in [2.24, 2.45) is 5.73 Å². The molecule has 132 valence electrons. The van der Waals surface area contributed by atoms with Gasteiger partial charge in [0.05, 0.1) is 5.69 Å². The van der Waals surface area contributed by atoms with Crippen LogP contribution in [0.1, 0.15) is 36.6 Å². The fourth-order valence-electron chi connectivity index (χ4n) is 3.99. The molecule has 0 aromatic carbocycles. The minimum Gasteiger partial charge on any atom is -0.352 e. The van der Waals surface area contributed by atoms with Crippen LogP contribution >= 0.6 is 0 Å². The Morgan fingerprint density at radius 2 is 2.12 bits per heavy atom. The van der Waals surface area contributed by atoms with Gasteiger partial charge >= 0.3 is 0 Å². The second-order valence-corrected chi connectivity index (χ2v) is 7.63. The van der Waals surface area contributed by atoms with Crippen molar-refractivity contribution in [2.75, 3.05) is 38.1 Å². The summed E-state index contributed by atoms with van der Waals surface area (Å²) in [6, 6.07) is 2.40. The van der Waals surface area contributed by atoms with E-state index in [1.54, 1.807) is 0 Å². The van der Waals surface area contributed by atoms with Gasteiger partial charge in [-0.3, -0.25) is 0 Å². The van der Waals surface area contributed by atoms with Gasteiger partial charge in [-0.05, 0) is 50.4 Å². The molecule has 25 heavy (non-hydrogen) atoms.